The Morgan fingerprint density at radius 3 is 2.43 bits per heavy atom. The fourth-order valence-corrected chi connectivity index (χ4v) is 4.60. The number of hydrogen-bond donors (Lipinski definition) is 1. The van der Waals surface area contributed by atoms with Gasteiger partial charge in [0.2, 0.25) is 0 Å². The molecule has 0 fully saturated rings. The summed E-state index contributed by atoms with van der Waals surface area (Å²) in [5, 5.41) is 8.93. The molecular weight excluding hydrogens is 398 g/mol. The lowest BCUT2D eigenvalue weighted by atomic mass is 10.00. The SMILES string of the molecule is N#Cc1ccc(C(=O)N2CCCc3cc(NS(=O)(=O)c4ccccc4)ccc32)cc1. The quantitative estimate of drug-likeness (QED) is 0.696. The third-order valence-electron chi connectivity index (χ3n) is 5.01. The van der Waals surface area contributed by atoms with E-state index in [2.05, 4.69) is 4.72 Å². The lowest BCUT2D eigenvalue weighted by molar-refractivity contribution is 0.0985. The molecule has 1 aliphatic rings. The second kappa shape index (κ2) is 8.01. The van der Waals surface area contributed by atoms with Crippen molar-refractivity contribution in [2.24, 2.45) is 0 Å². The van der Waals surface area contributed by atoms with E-state index in [-0.39, 0.29) is 10.8 Å². The Bertz CT molecular complexity index is 1230. The van der Waals surface area contributed by atoms with Crippen LogP contribution in [0.2, 0.25) is 0 Å². The molecule has 30 heavy (non-hydrogen) atoms. The van der Waals surface area contributed by atoms with E-state index >= 15 is 0 Å². The van der Waals surface area contributed by atoms with Crippen LogP contribution in [0.15, 0.2) is 77.7 Å². The number of amides is 1. The standard InChI is InChI=1S/C23H19N3O3S/c24-16-17-8-10-18(11-9-17)23(27)26-14-4-5-19-15-20(12-13-22(19)26)25-30(28,29)21-6-2-1-3-7-21/h1-3,6-13,15,25H,4-5,14H2. The molecule has 0 aromatic heterocycles. The Balaban J connectivity index is 1.59. The van der Waals surface area contributed by atoms with Gasteiger partial charge >= 0.3 is 0 Å². The van der Waals surface area contributed by atoms with Crippen LogP contribution in [-0.4, -0.2) is 20.9 Å². The van der Waals surface area contributed by atoms with Crippen molar-refractivity contribution in [1.29, 1.82) is 5.26 Å². The molecule has 3 aromatic rings. The number of anilines is 2. The van der Waals surface area contributed by atoms with Crippen LogP contribution in [0.1, 0.15) is 27.9 Å². The number of aryl methyl sites for hydroxylation is 1. The molecule has 4 rings (SSSR count). The molecule has 0 saturated carbocycles. The van der Waals surface area contributed by atoms with Gasteiger partial charge in [-0.3, -0.25) is 9.52 Å². The summed E-state index contributed by atoms with van der Waals surface area (Å²) in [5.74, 6) is -0.141. The minimum absolute atomic E-state index is 0.141. The number of carbonyl (C=O) groups excluding carboxylic acids is 1. The molecule has 0 aliphatic carbocycles. The van der Waals surface area contributed by atoms with Gasteiger partial charge in [-0.15, -0.1) is 0 Å². The van der Waals surface area contributed by atoms with Crippen molar-refractivity contribution < 1.29 is 13.2 Å². The largest absolute Gasteiger partial charge is 0.308 e. The normalized spacial score (nSPS) is 13.2. The topological polar surface area (TPSA) is 90.3 Å². The van der Waals surface area contributed by atoms with E-state index in [0.717, 1.165) is 24.1 Å². The molecule has 0 bridgehead atoms. The highest BCUT2D eigenvalue weighted by Crippen LogP contribution is 2.31. The Kier molecular flexibility index (Phi) is 5.25. The van der Waals surface area contributed by atoms with Crippen LogP contribution in [0.25, 0.3) is 0 Å². The van der Waals surface area contributed by atoms with E-state index in [9.17, 15) is 13.2 Å². The molecule has 6 nitrogen and oxygen atoms in total. The van der Waals surface area contributed by atoms with Crippen LogP contribution >= 0.6 is 0 Å². The van der Waals surface area contributed by atoms with Crippen molar-refractivity contribution in [2.75, 3.05) is 16.2 Å². The zero-order valence-corrected chi connectivity index (χ0v) is 16.9. The maximum atomic E-state index is 13.0. The first-order chi connectivity index (χ1) is 14.5. The molecule has 1 aliphatic heterocycles. The summed E-state index contributed by atoms with van der Waals surface area (Å²) in [6.45, 7) is 0.584. The Morgan fingerprint density at radius 2 is 1.73 bits per heavy atom. The highest BCUT2D eigenvalue weighted by Gasteiger charge is 2.24. The highest BCUT2D eigenvalue weighted by atomic mass is 32.2. The van der Waals surface area contributed by atoms with E-state index in [1.165, 1.54) is 0 Å². The number of carbonyl (C=O) groups is 1. The number of rotatable bonds is 4. The number of benzene rings is 3. The van der Waals surface area contributed by atoms with Gasteiger partial charge in [-0.1, -0.05) is 18.2 Å². The van der Waals surface area contributed by atoms with Gasteiger partial charge in [0.25, 0.3) is 15.9 Å². The summed E-state index contributed by atoms with van der Waals surface area (Å²) in [6.07, 6.45) is 1.54. The lowest BCUT2D eigenvalue weighted by Crippen LogP contribution is -2.35. The van der Waals surface area contributed by atoms with Gasteiger partial charge in [0.15, 0.2) is 0 Å². The van der Waals surface area contributed by atoms with Crippen molar-refractivity contribution in [3.63, 3.8) is 0 Å². The van der Waals surface area contributed by atoms with Crippen LogP contribution in [0.4, 0.5) is 11.4 Å². The number of fused-ring (bicyclic) bond motifs is 1. The van der Waals surface area contributed by atoms with Crippen LogP contribution in [0.3, 0.4) is 0 Å². The predicted molar refractivity (Wildman–Crippen MR) is 115 cm³/mol. The molecule has 7 heteroatoms. The fourth-order valence-electron chi connectivity index (χ4n) is 3.53. The Morgan fingerprint density at radius 1 is 1.00 bits per heavy atom. The van der Waals surface area contributed by atoms with E-state index in [1.54, 1.807) is 77.7 Å². The smallest absolute Gasteiger partial charge is 0.261 e. The number of sulfonamides is 1. The Labute approximate surface area is 175 Å². The molecule has 0 spiro atoms. The zero-order valence-electron chi connectivity index (χ0n) is 16.1. The van der Waals surface area contributed by atoms with Crippen molar-refractivity contribution in [1.82, 2.24) is 0 Å². The van der Waals surface area contributed by atoms with Crippen molar-refractivity contribution in [3.8, 4) is 6.07 Å². The average Bonchev–Trinajstić information content (AvgIpc) is 2.78. The van der Waals surface area contributed by atoms with Gasteiger partial charge in [0, 0.05) is 23.5 Å². The first-order valence-electron chi connectivity index (χ1n) is 9.51. The lowest BCUT2D eigenvalue weighted by Gasteiger charge is -2.30. The third kappa shape index (κ3) is 3.91. The molecular formula is C23H19N3O3S. The second-order valence-electron chi connectivity index (χ2n) is 7.01. The van der Waals surface area contributed by atoms with Gasteiger partial charge in [0.1, 0.15) is 0 Å². The summed E-state index contributed by atoms with van der Waals surface area (Å²) in [5.41, 5.74) is 3.16. The molecule has 1 N–H and O–H groups in total. The number of nitrogens with one attached hydrogen (secondary N) is 1. The summed E-state index contributed by atoms with van der Waals surface area (Å²) in [7, 11) is -3.68. The van der Waals surface area contributed by atoms with E-state index in [4.69, 9.17) is 5.26 Å². The third-order valence-corrected chi connectivity index (χ3v) is 6.41. The molecule has 0 atom stereocenters. The maximum Gasteiger partial charge on any atom is 0.261 e. The zero-order chi connectivity index (χ0) is 21.1. The molecule has 0 saturated heterocycles. The minimum atomic E-state index is -3.68. The van der Waals surface area contributed by atoms with Crippen molar-refractivity contribution in [3.05, 3.63) is 89.5 Å². The molecule has 1 heterocycles. The van der Waals surface area contributed by atoms with E-state index in [0.29, 0.717) is 23.4 Å². The summed E-state index contributed by atoms with van der Waals surface area (Å²) in [6, 6.07) is 22.0. The van der Waals surface area contributed by atoms with Gasteiger partial charge in [-0.2, -0.15) is 5.26 Å². The highest BCUT2D eigenvalue weighted by molar-refractivity contribution is 7.92. The van der Waals surface area contributed by atoms with Crippen molar-refractivity contribution in [2.45, 2.75) is 17.7 Å². The number of hydrogen-bond acceptors (Lipinski definition) is 4. The van der Waals surface area contributed by atoms with Crippen LogP contribution in [-0.2, 0) is 16.4 Å². The van der Waals surface area contributed by atoms with Crippen LogP contribution < -0.4 is 9.62 Å². The predicted octanol–water partition coefficient (Wildman–Crippen LogP) is 3.95. The number of nitriles is 1. The molecule has 3 aromatic carbocycles. The number of nitrogens with zero attached hydrogens (tertiary/aromatic N) is 2. The van der Waals surface area contributed by atoms with Gasteiger partial charge in [-0.25, -0.2) is 8.42 Å². The summed E-state index contributed by atoms with van der Waals surface area (Å²) < 4.78 is 27.8. The first kappa shape index (κ1) is 19.7. The van der Waals surface area contributed by atoms with Gasteiger partial charge in [-0.05, 0) is 73.0 Å². The second-order valence-corrected chi connectivity index (χ2v) is 8.69. The molecule has 1 amide bonds. The first-order valence-corrected chi connectivity index (χ1v) is 11.0. The van der Waals surface area contributed by atoms with E-state index < -0.39 is 10.0 Å². The summed E-state index contributed by atoms with van der Waals surface area (Å²) >= 11 is 0. The fraction of sp³-hybridized carbons (Fsp3) is 0.130. The van der Waals surface area contributed by atoms with Crippen molar-refractivity contribution >= 4 is 27.3 Å². The van der Waals surface area contributed by atoms with Gasteiger partial charge < -0.3 is 4.90 Å². The summed E-state index contributed by atoms with van der Waals surface area (Å²) in [4.78, 5) is 14.9. The monoisotopic (exact) mass is 417 g/mol. The Hall–Kier alpha value is -3.63. The van der Waals surface area contributed by atoms with Crippen LogP contribution in [0.5, 0.6) is 0 Å². The van der Waals surface area contributed by atoms with E-state index in [1.807, 2.05) is 6.07 Å². The molecule has 150 valence electrons. The average molecular weight is 417 g/mol. The minimum Gasteiger partial charge on any atom is -0.308 e. The maximum absolute atomic E-state index is 13.0. The van der Waals surface area contributed by atoms with Gasteiger partial charge in [0.05, 0.1) is 16.5 Å². The molecule has 0 unspecified atom stereocenters. The van der Waals surface area contributed by atoms with Crippen LogP contribution in [0, 0.1) is 11.3 Å². The molecule has 0 radical (unpaired) electrons.